The number of amides is 1. The minimum absolute atomic E-state index is 0. The number of benzene rings is 1. The minimum atomic E-state index is -3.71. The van der Waals surface area contributed by atoms with Gasteiger partial charge in [0, 0.05) is 12.6 Å². The van der Waals surface area contributed by atoms with E-state index < -0.39 is 16.1 Å². The maximum Gasteiger partial charge on any atom is 0.241 e. The fraction of sp³-hybridized carbons (Fsp3) is 0.562. The van der Waals surface area contributed by atoms with Crippen molar-refractivity contribution >= 4 is 40.1 Å². The molecule has 1 aromatic rings. The van der Waals surface area contributed by atoms with E-state index in [0.29, 0.717) is 12.2 Å². The van der Waals surface area contributed by atoms with E-state index in [9.17, 15) is 13.2 Å². The van der Waals surface area contributed by atoms with Gasteiger partial charge in [0.15, 0.2) is 0 Å². The van der Waals surface area contributed by atoms with Crippen LogP contribution in [0.2, 0.25) is 0 Å². The number of rotatable bonds is 8. The molecule has 1 fully saturated rings. The van der Waals surface area contributed by atoms with Gasteiger partial charge in [-0.1, -0.05) is 18.2 Å². The number of hydrogen-bond acceptors (Lipinski definition) is 5. The molecule has 0 aromatic heterocycles. The van der Waals surface area contributed by atoms with Crippen molar-refractivity contribution in [3.05, 3.63) is 30.3 Å². The zero-order chi connectivity index (χ0) is 17.4. The van der Waals surface area contributed by atoms with Crippen LogP contribution in [0.5, 0.6) is 0 Å². The summed E-state index contributed by atoms with van der Waals surface area (Å²) < 4.78 is 27.5. The van der Waals surface area contributed by atoms with E-state index in [0.717, 1.165) is 25.9 Å². The summed E-state index contributed by atoms with van der Waals surface area (Å²) in [5.74, 6) is 0.454. The normalized spacial score (nSPS) is 18.8. The average molecular weight is 408 g/mol. The number of hydrogen-bond donors (Lipinski definition) is 3. The molecule has 0 aliphatic carbocycles. The molecule has 3 N–H and O–H groups in total. The molecule has 1 aliphatic heterocycles. The number of halogens is 1. The van der Waals surface area contributed by atoms with Crippen LogP contribution >= 0.6 is 24.2 Å². The highest BCUT2D eigenvalue weighted by molar-refractivity contribution is 7.98. The van der Waals surface area contributed by atoms with Crippen LogP contribution in [0.15, 0.2) is 35.2 Å². The van der Waals surface area contributed by atoms with Crippen molar-refractivity contribution in [1.29, 1.82) is 0 Å². The van der Waals surface area contributed by atoms with E-state index in [1.165, 1.54) is 12.1 Å². The van der Waals surface area contributed by atoms with Crippen LogP contribution in [-0.2, 0) is 14.8 Å². The summed E-state index contributed by atoms with van der Waals surface area (Å²) in [6.45, 7) is 1.69. The van der Waals surface area contributed by atoms with Crippen molar-refractivity contribution < 1.29 is 13.2 Å². The maximum atomic E-state index is 12.6. The maximum absolute atomic E-state index is 12.6. The van der Waals surface area contributed by atoms with Crippen LogP contribution in [0.4, 0.5) is 0 Å². The zero-order valence-corrected chi connectivity index (χ0v) is 16.7. The number of piperidine rings is 1. The van der Waals surface area contributed by atoms with Crippen LogP contribution in [0, 0.1) is 0 Å². The highest BCUT2D eigenvalue weighted by Gasteiger charge is 2.27. The monoisotopic (exact) mass is 407 g/mol. The van der Waals surface area contributed by atoms with Crippen molar-refractivity contribution in [3.63, 3.8) is 0 Å². The molecule has 0 bridgehead atoms. The van der Waals surface area contributed by atoms with E-state index >= 15 is 0 Å². The summed E-state index contributed by atoms with van der Waals surface area (Å²) in [6.07, 6.45) is 4.32. The van der Waals surface area contributed by atoms with E-state index in [1.807, 2.05) is 6.26 Å². The summed E-state index contributed by atoms with van der Waals surface area (Å²) in [6, 6.07) is 7.44. The SMILES string of the molecule is CSCCC(NS(=O)(=O)c1ccccc1)C(=O)NC1CCCNC1.Cl. The van der Waals surface area contributed by atoms with Gasteiger partial charge in [0.2, 0.25) is 15.9 Å². The van der Waals surface area contributed by atoms with Crippen LogP contribution in [0.1, 0.15) is 19.3 Å². The largest absolute Gasteiger partial charge is 0.351 e. The zero-order valence-electron chi connectivity index (χ0n) is 14.2. The van der Waals surface area contributed by atoms with Gasteiger partial charge in [-0.2, -0.15) is 16.5 Å². The lowest BCUT2D eigenvalue weighted by Gasteiger charge is -2.26. The first-order valence-corrected chi connectivity index (χ1v) is 11.0. The van der Waals surface area contributed by atoms with Crippen molar-refractivity contribution in [2.45, 2.75) is 36.2 Å². The summed E-state index contributed by atoms with van der Waals surface area (Å²) >= 11 is 1.59. The second-order valence-corrected chi connectivity index (χ2v) is 8.52. The lowest BCUT2D eigenvalue weighted by atomic mass is 10.1. The molecule has 1 aromatic carbocycles. The van der Waals surface area contributed by atoms with Gasteiger partial charge in [0.1, 0.15) is 6.04 Å². The fourth-order valence-corrected chi connectivity index (χ4v) is 4.33. The minimum Gasteiger partial charge on any atom is -0.351 e. The smallest absolute Gasteiger partial charge is 0.241 e. The fourth-order valence-electron chi connectivity index (χ4n) is 2.61. The molecule has 142 valence electrons. The van der Waals surface area contributed by atoms with Crippen molar-refractivity contribution in [3.8, 4) is 0 Å². The molecule has 1 aliphatic rings. The van der Waals surface area contributed by atoms with Crippen LogP contribution in [-0.4, -0.2) is 51.5 Å². The standard InChI is InChI=1S/C16H25N3O3S2.ClH/c1-23-11-9-15(16(20)18-13-6-5-10-17-12-13)19-24(21,22)14-7-3-2-4-8-14;/h2-4,7-8,13,15,17,19H,5-6,9-12H2,1H3,(H,18,20);1H. The molecule has 9 heteroatoms. The summed E-state index contributed by atoms with van der Waals surface area (Å²) in [7, 11) is -3.71. The number of thioether (sulfide) groups is 1. The van der Waals surface area contributed by atoms with Crippen molar-refractivity contribution in [2.75, 3.05) is 25.1 Å². The average Bonchev–Trinajstić information content (AvgIpc) is 2.60. The number of carbonyl (C=O) groups is 1. The predicted octanol–water partition coefficient (Wildman–Crippen LogP) is 1.38. The molecule has 2 rings (SSSR count). The molecule has 0 saturated carbocycles. The van der Waals surface area contributed by atoms with E-state index in [4.69, 9.17) is 0 Å². The summed E-state index contributed by atoms with van der Waals surface area (Å²) in [4.78, 5) is 12.7. The second kappa shape index (κ2) is 11.0. The molecule has 0 spiro atoms. The molecule has 0 radical (unpaired) electrons. The molecular formula is C16H26ClN3O3S2. The van der Waals surface area contributed by atoms with Gasteiger partial charge in [-0.3, -0.25) is 4.79 Å². The van der Waals surface area contributed by atoms with E-state index in [1.54, 1.807) is 30.0 Å². The Labute approximate surface area is 160 Å². The second-order valence-electron chi connectivity index (χ2n) is 5.82. The van der Waals surface area contributed by atoms with Gasteiger partial charge >= 0.3 is 0 Å². The van der Waals surface area contributed by atoms with Gasteiger partial charge in [-0.05, 0) is 49.9 Å². The highest BCUT2D eigenvalue weighted by atomic mass is 35.5. The molecular weight excluding hydrogens is 382 g/mol. The first-order valence-electron chi connectivity index (χ1n) is 8.10. The lowest BCUT2D eigenvalue weighted by molar-refractivity contribution is -0.123. The third kappa shape index (κ3) is 7.15. The van der Waals surface area contributed by atoms with Gasteiger partial charge in [0.05, 0.1) is 4.90 Å². The summed E-state index contributed by atoms with van der Waals surface area (Å²) in [5, 5.41) is 6.20. The third-order valence-corrected chi connectivity index (χ3v) is 6.05. The van der Waals surface area contributed by atoms with Crippen molar-refractivity contribution in [1.82, 2.24) is 15.4 Å². The Bertz CT molecular complexity index is 623. The quantitative estimate of drug-likeness (QED) is 0.606. The molecule has 1 amide bonds. The van der Waals surface area contributed by atoms with Crippen LogP contribution in [0.3, 0.4) is 0 Å². The Morgan fingerprint density at radius 1 is 1.36 bits per heavy atom. The Hall–Kier alpha value is -0.800. The predicted molar refractivity (Wildman–Crippen MR) is 105 cm³/mol. The van der Waals surface area contributed by atoms with Gasteiger partial charge < -0.3 is 10.6 Å². The number of carbonyl (C=O) groups excluding carboxylic acids is 1. The first kappa shape index (κ1) is 22.2. The van der Waals surface area contributed by atoms with Crippen molar-refractivity contribution in [2.24, 2.45) is 0 Å². The molecule has 6 nitrogen and oxygen atoms in total. The third-order valence-electron chi connectivity index (χ3n) is 3.92. The Kier molecular flexibility index (Phi) is 9.81. The van der Waals surface area contributed by atoms with Gasteiger partial charge in [-0.25, -0.2) is 8.42 Å². The molecule has 2 atom stereocenters. The topological polar surface area (TPSA) is 87.3 Å². The molecule has 1 saturated heterocycles. The first-order chi connectivity index (χ1) is 11.5. The van der Waals surface area contributed by atoms with Crippen LogP contribution in [0.25, 0.3) is 0 Å². The Balaban J connectivity index is 0.00000312. The molecule has 2 unspecified atom stereocenters. The number of nitrogens with one attached hydrogen (secondary N) is 3. The van der Waals surface area contributed by atoms with E-state index in [2.05, 4.69) is 15.4 Å². The molecule has 25 heavy (non-hydrogen) atoms. The molecule has 1 heterocycles. The van der Waals surface area contributed by atoms with E-state index in [-0.39, 0.29) is 29.3 Å². The Morgan fingerprint density at radius 2 is 2.08 bits per heavy atom. The van der Waals surface area contributed by atoms with Crippen LogP contribution < -0.4 is 15.4 Å². The summed E-state index contributed by atoms with van der Waals surface area (Å²) in [5.41, 5.74) is 0. The Morgan fingerprint density at radius 3 is 2.68 bits per heavy atom. The van der Waals surface area contributed by atoms with Gasteiger partial charge in [-0.15, -0.1) is 12.4 Å². The lowest BCUT2D eigenvalue weighted by Crippen LogP contribution is -2.53. The highest BCUT2D eigenvalue weighted by Crippen LogP contribution is 2.11. The number of sulfonamides is 1. The van der Waals surface area contributed by atoms with Gasteiger partial charge in [0.25, 0.3) is 0 Å².